The molecule has 0 unspecified atom stereocenters. The fraction of sp³-hybridized carbons (Fsp3) is 0.350. The van der Waals surface area contributed by atoms with E-state index >= 15 is 0 Å². The maximum absolute atomic E-state index is 13.3. The van der Waals surface area contributed by atoms with Crippen molar-refractivity contribution >= 4 is 5.91 Å². The SMILES string of the molecule is CCN(CC)C(=O)COc1cc(OC)cc(-c2ccccc2C(F)(F)F)c1. The Kier molecular flexibility index (Phi) is 6.71. The van der Waals surface area contributed by atoms with Crippen LogP contribution in [-0.2, 0) is 11.0 Å². The molecule has 0 N–H and O–H groups in total. The van der Waals surface area contributed by atoms with E-state index in [2.05, 4.69) is 0 Å². The maximum Gasteiger partial charge on any atom is 0.417 e. The summed E-state index contributed by atoms with van der Waals surface area (Å²) >= 11 is 0. The van der Waals surface area contributed by atoms with Gasteiger partial charge in [0.1, 0.15) is 11.5 Å². The van der Waals surface area contributed by atoms with Crippen LogP contribution in [0.25, 0.3) is 11.1 Å². The van der Waals surface area contributed by atoms with Crippen molar-refractivity contribution in [1.29, 1.82) is 0 Å². The first-order valence-electron chi connectivity index (χ1n) is 8.56. The molecule has 146 valence electrons. The van der Waals surface area contributed by atoms with Crippen molar-refractivity contribution in [3.63, 3.8) is 0 Å². The van der Waals surface area contributed by atoms with Crippen LogP contribution in [0, 0.1) is 0 Å². The predicted octanol–water partition coefficient (Wildman–Crippen LogP) is 4.63. The lowest BCUT2D eigenvalue weighted by molar-refractivity contribution is -0.137. The van der Waals surface area contributed by atoms with Gasteiger partial charge >= 0.3 is 6.18 Å². The molecule has 2 aromatic carbocycles. The Balaban J connectivity index is 2.36. The molecule has 0 aliphatic rings. The number of carbonyl (C=O) groups is 1. The fourth-order valence-corrected chi connectivity index (χ4v) is 2.72. The van der Waals surface area contributed by atoms with Gasteiger partial charge in [0.2, 0.25) is 0 Å². The minimum Gasteiger partial charge on any atom is -0.497 e. The maximum atomic E-state index is 13.3. The van der Waals surface area contributed by atoms with Crippen molar-refractivity contribution in [2.24, 2.45) is 0 Å². The van der Waals surface area contributed by atoms with Gasteiger partial charge in [0.05, 0.1) is 12.7 Å². The fourth-order valence-electron chi connectivity index (χ4n) is 2.72. The number of benzene rings is 2. The molecule has 1 amide bonds. The van der Waals surface area contributed by atoms with E-state index < -0.39 is 11.7 Å². The molecular weight excluding hydrogens is 359 g/mol. The molecule has 7 heteroatoms. The third-order valence-electron chi connectivity index (χ3n) is 4.14. The van der Waals surface area contributed by atoms with Crippen molar-refractivity contribution in [2.45, 2.75) is 20.0 Å². The van der Waals surface area contributed by atoms with Gasteiger partial charge in [-0.25, -0.2) is 0 Å². The van der Waals surface area contributed by atoms with Crippen LogP contribution >= 0.6 is 0 Å². The molecule has 2 rings (SSSR count). The zero-order valence-corrected chi connectivity index (χ0v) is 15.5. The van der Waals surface area contributed by atoms with Gasteiger partial charge in [0.15, 0.2) is 6.61 Å². The number of nitrogens with zero attached hydrogens (tertiary/aromatic N) is 1. The van der Waals surface area contributed by atoms with Crippen LogP contribution in [0.1, 0.15) is 19.4 Å². The highest BCUT2D eigenvalue weighted by Crippen LogP contribution is 2.39. The quantitative estimate of drug-likeness (QED) is 0.702. The van der Waals surface area contributed by atoms with E-state index in [0.717, 1.165) is 6.07 Å². The number of ether oxygens (including phenoxy) is 2. The number of alkyl halides is 3. The Morgan fingerprint density at radius 1 is 1.04 bits per heavy atom. The van der Waals surface area contributed by atoms with Crippen LogP contribution in [-0.4, -0.2) is 37.6 Å². The van der Waals surface area contributed by atoms with E-state index in [1.165, 1.54) is 43.5 Å². The first kappa shape index (κ1) is 20.6. The average Bonchev–Trinajstić information content (AvgIpc) is 2.66. The molecule has 0 saturated carbocycles. The van der Waals surface area contributed by atoms with Gasteiger partial charge in [0, 0.05) is 19.2 Å². The summed E-state index contributed by atoms with van der Waals surface area (Å²) in [6, 6.07) is 9.81. The minimum atomic E-state index is -4.49. The monoisotopic (exact) mass is 381 g/mol. The second-order valence-corrected chi connectivity index (χ2v) is 5.80. The van der Waals surface area contributed by atoms with Crippen LogP contribution in [0.3, 0.4) is 0 Å². The molecule has 0 saturated heterocycles. The van der Waals surface area contributed by atoms with Crippen LogP contribution in [0.5, 0.6) is 11.5 Å². The van der Waals surface area contributed by atoms with Crippen LogP contribution in [0.2, 0.25) is 0 Å². The summed E-state index contributed by atoms with van der Waals surface area (Å²) in [6.07, 6.45) is -4.49. The molecule has 0 aliphatic carbocycles. The van der Waals surface area contributed by atoms with Crippen LogP contribution in [0.4, 0.5) is 13.2 Å². The smallest absolute Gasteiger partial charge is 0.417 e. The first-order valence-corrected chi connectivity index (χ1v) is 8.56. The van der Waals surface area contributed by atoms with Gasteiger partial charge in [0.25, 0.3) is 5.91 Å². The van der Waals surface area contributed by atoms with Gasteiger partial charge in [-0.05, 0) is 43.2 Å². The molecule has 0 bridgehead atoms. The van der Waals surface area contributed by atoms with Crippen LogP contribution in [0.15, 0.2) is 42.5 Å². The first-order chi connectivity index (χ1) is 12.8. The Hall–Kier alpha value is -2.70. The molecule has 0 atom stereocenters. The van der Waals surface area contributed by atoms with E-state index in [9.17, 15) is 18.0 Å². The van der Waals surface area contributed by atoms with Crippen molar-refractivity contribution in [3.8, 4) is 22.6 Å². The second-order valence-electron chi connectivity index (χ2n) is 5.80. The lowest BCUT2D eigenvalue weighted by Crippen LogP contribution is -2.34. The molecule has 0 heterocycles. The number of rotatable bonds is 7. The molecule has 27 heavy (non-hydrogen) atoms. The number of methoxy groups -OCH3 is 1. The summed E-state index contributed by atoms with van der Waals surface area (Å²) < 4.78 is 50.7. The normalized spacial score (nSPS) is 11.2. The van der Waals surface area contributed by atoms with E-state index in [1.807, 2.05) is 13.8 Å². The third-order valence-corrected chi connectivity index (χ3v) is 4.14. The molecule has 0 fully saturated rings. The van der Waals surface area contributed by atoms with Gasteiger partial charge in [-0.1, -0.05) is 18.2 Å². The highest BCUT2D eigenvalue weighted by atomic mass is 19.4. The largest absolute Gasteiger partial charge is 0.497 e. The van der Waals surface area contributed by atoms with Gasteiger partial charge in [-0.3, -0.25) is 4.79 Å². The lowest BCUT2D eigenvalue weighted by atomic mass is 9.99. The van der Waals surface area contributed by atoms with Crippen molar-refractivity contribution in [2.75, 3.05) is 26.8 Å². The summed E-state index contributed by atoms with van der Waals surface area (Å²) in [5.74, 6) is 0.414. The average molecular weight is 381 g/mol. The highest BCUT2D eigenvalue weighted by Gasteiger charge is 2.33. The van der Waals surface area contributed by atoms with Crippen molar-refractivity contribution < 1.29 is 27.4 Å². The van der Waals surface area contributed by atoms with Gasteiger partial charge < -0.3 is 14.4 Å². The number of hydrogen-bond acceptors (Lipinski definition) is 3. The molecule has 0 aliphatic heterocycles. The van der Waals surface area contributed by atoms with E-state index in [4.69, 9.17) is 9.47 Å². The summed E-state index contributed by atoms with van der Waals surface area (Å²) in [7, 11) is 1.42. The highest BCUT2D eigenvalue weighted by molar-refractivity contribution is 5.78. The number of amides is 1. The summed E-state index contributed by atoms with van der Waals surface area (Å²) in [5, 5.41) is 0. The second kappa shape index (κ2) is 8.79. The Bertz CT molecular complexity index is 786. The van der Waals surface area contributed by atoms with Gasteiger partial charge in [-0.15, -0.1) is 0 Å². The standard InChI is InChI=1S/C20H22F3NO3/c1-4-24(5-2)19(25)13-27-16-11-14(10-15(12-16)26-3)17-8-6-7-9-18(17)20(21,22)23/h6-12H,4-5,13H2,1-3H3. The zero-order valence-electron chi connectivity index (χ0n) is 15.5. The Morgan fingerprint density at radius 2 is 1.67 bits per heavy atom. The number of halogens is 3. The molecule has 2 aromatic rings. The van der Waals surface area contributed by atoms with Crippen molar-refractivity contribution in [3.05, 3.63) is 48.0 Å². The van der Waals surface area contributed by atoms with Crippen LogP contribution < -0.4 is 9.47 Å². The Labute approximate surface area is 156 Å². The van der Waals surface area contributed by atoms with E-state index in [1.54, 1.807) is 4.90 Å². The van der Waals surface area contributed by atoms with E-state index in [0.29, 0.717) is 24.4 Å². The molecule has 0 aromatic heterocycles. The molecule has 4 nitrogen and oxygen atoms in total. The zero-order chi connectivity index (χ0) is 20.0. The minimum absolute atomic E-state index is 0.0174. The summed E-state index contributed by atoms with van der Waals surface area (Å²) in [5.41, 5.74) is -0.431. The number of hydrogen-bond donors (Lipinski definition) is 0. The number of likely N-dealkylation sites (N-methyl/N-ethyl adjacent to an activating group) is 1. The van der Waals surface area contributed by atoms with E-state index in [-0.39, 0.29) is 23.8 Å². The van der Waals surface area contributed by atoms with Crippen molar-refractivity contribution in [1.82, 2.24) is 4.90 Å². The Morgan fingerprint density at radius 3 is 2.26 bits per heavy atom. The molecular formula is C20H22F3NO3. The summed E-state index contributed by atoms with van der Waals surface area (Å²) in [6.45, 7) is 4.63. The third kappa shape index (κ3) is 5.15. The number of carbonyl (C=O) groups excluding carboxylic acids is 1. The van der Waals surface area contributed by atoms with Gasteiger partial charge in [-0.2, -0.15) is 13.2 Å². The molecule has 0 spiro atoms. The lowest BCUT2D eigenvalue weighted by Gasteiger charge is -2.19. The summed E-state index contributed by atoms with van der Waals surface area (Å²) in [4.78, 5) is 13.7. The topological polar surface area (TPSA) is 38.8 Å². The molecule has 0 radical (unpaired) electrons. The predicted molar refractivity (Wildman–Crippen MR) is 96.9 cm³/mol.